The van der Waals surface area contributed by atoms with E-state index in [1.807, 2.05) is 26.2 Å². The van der Waals surface area contributed by atoms with Crippen LogP contribution in [0.2, 0.25) is 5.02 Å². The molecule has 0 saturated carbocycles. The van der Waals surface area contributed by atoms with Gasteiger partial charge in [0.05, 0.1) is 23.4 Å². The second-order valence-corrected chi connectivity index (χ2v) is 6.22. The van der Waals surface area contributed by atoms with E-state index in [1.54, 1.807) is 6.07 Å². The molecule has 0 radical (unpaired) electrons. The molecule has 0 aliphatic rings. The van der Waals surface area contributed by atoms with Gasteiger partial charge >= 0.3 is 0 Å². The first-order valence-electron chi connectivity index (χ1n) is 7.54. The quantitative estimate of drug-likeness (QED) is 0.788. The highest BCUT2D eigenvalue weighted by atomic mass is 35.5. The molecule has 0 atom stereocenters. The van der Waals surface area contributed by atoms with Crippen LogP contribution in [0.5, 0.6) is 5.75 Å². The summed E-state index contributed by atoms with van der Waals surface area (Å²) < 4.78 is 5.21. The van der Waals surface area contributed by atoms with Gasteiger partial charge in [0.1, 0.15) is 5.75 Å². The lowest BCUT2D eigenvalue weighted by molar-refractivity contribution is 0.0948. The van der Waals surface area contributed by atoms with Crippen LogP contribution in [0.15, 0.2) is 36.4 Å². The summed E-state index contributed by atoms with van der Waals surface area (Å²) in [5.74, 6) is 0.141. The van der Waals surface area contributed by atoms with E-state index in [2.05, 4.69) is 22.3 Å². The molecule has 5 nitrogen and oxygen atoms in total. The molecule has 0 saturated heterocycles. The monoisotopic (exact) mass is 347 g/mol. The van der Waals surface area contributed by atoms with Crippen molar-refractivity contribution in [1.29, 1.82) is 0 Å². The summed E-state index contributed by atoms with van der Waals surface area (Å²) in [6.45, 7) is 1.27. The minimum Gasteiger partial charge on any atom is -0.496 e. The number of hydrogen-bond acceptors (Lipinski definition) is 4. The van der Waals surface area contributed by atoms with E-state index in [0.29, 0.717) is 28.6 Å². The number of anilines is 1. The summed E-state index contributed by atoms with van der Waals surface area (Å²) in [7, 11) is 5.53. The van der Waals surface area contributed by atoms with E-state index in [0.717, 1.165) is 12.1 Å². The van der Waals surface area contributed by atoms with Crippen molar-refractivity contribution in [3.8, 4) is 5.75 Å². The predicted octanol–water partition coefficient (Wildman–Crippen LogP) is 2.92. The molecule has 2 aromatic rings. The second kappa shape index (κ2) is 8.04. The fourth-order valence-electron chi connectivity index (χ4n) is 2.40. The molecule has 128 valence electrons. The molecule has 0 fully saturated rings. The number of nitrogen functional groups attached to an aromatic ring is 1. The van der Waals surface area contributed by atoms with E-state index in [9.17, 15) is 4.79 Å². The summed E-state index contributed by atoms with van der Waals surface area (Å²) in [6.07, 6.45) is 0. The number of nitrogens with two attached hydrogens (primary N) is 1. The Morgan fingerprint density at radius 3 is 2.62 bits per heavy atom. The average Bonchev–Trinajstić information content (AvgIpc) is 2.54. The van der Waals surface area contributed by atoms with Crippen LogP contribution in [0, 0.1) is 0 Å². The SMILES string of the molecule is COc1cc(N)c(Cl)cc1C(=O)NCc1cccc(CN(C)C)c1. The van der Waals surface area contributed by atoms with Gasteiger partial charge in [-0.3, -0.25) is 4.79 Å². The minimum atomic E-state index is -0.258. The van der Waals surface area contributed by atoms with Gasteiger partial charge in [-0.2, -0.15) is 0 Å². The molecule has 1 amide bonds. The van der Waals surface area contributed by atoms with Crippen LogP contribution in [-0.4, -0.2) is 32.0 Å². The number of benzene rings is 2. The first kappa shape index (κ1) is 18.1. The number of methoxy groups -OCH3 is 1. The summed E-state index contributed by atoms with van der Waals surface area (Å²) in [5.41, 5.74) is 8.70. The molecular formula is C18H22ClN3O2. The topological polar surface area (TPSA) is 67.6 Å². The third-order valence-electron chi connectivity index (χ3n) is 3.51. The normalized spacial score (nSPS) is 10.7. The highest BCUT2D eigenvalue weighted by Crippen LogP contribution is 2.28. The molecule has 3 N–H and O–H groups in total. The minimum absolute atomic E-state index is 0.258. The summed E-state index contributed by atoms with van der Waals surface area (Å²) in [6, 6.07) is 11.2. The predicted molar refractivity (Wildman–Crippen MR) is 97.4 cm³/mol. The molecule has 6 heteroatoms. The summed E-state index contributed by atoms with van der Waals surface area (Å²) in [4.78, 5) is 14.5. The molecular weight excluding hydrogens is 326 g/mol. The zero-order valence-electron chi connectivity index (χ0n) is 14.1. The van der Waals surface area contributed by atoms with E-state index in [4.69, 9.17) is 22.1 Å². The van der Waals surface area contributed by atoms with Crippen molar-refractivity contribution in [3.05, 3.63) is 58.1 Å². The Bertz CT molecular complexity index is 732. The zero-order chi connectivity index (χ0) is 17.7. The smallest absolute Gasteiger partial charge is 0.255 e. The van der Waals surface area contributed by atoms with E-state index < -0.39 is 0 Å². The third-order valence-corrected chi connectivity index (χ3v) is 3.83. The number of ether oxygens (including phenoxy) is 1. The molecule has 2 aromatic carbocycles. The summed E-state index contributed by atoms with van der Waals surface area (Å²) in [5, 5.41) is 3.21. The fourth-order valence-corrected chi connectivity index (χ4v) is 2.56. The lowest BCUT2D eigenvalue weighted by Gasteiger charge is -2.13. The highest BCUT2D eigenvalue weighted by Gasteiger charge is 2.14. The Labute approximate surface area is 147 Å². The number of nitrogens with one attached hydrogen (secondary N) is 1. The molecule has 24 heavy (non-hydrogen) atoms. The molecule has 0 heterocycles. The van der Waals surface area contributed by atoms with Crippen LogP contribution in [0.4, 0.5) is 5.69 Å². The first-order valence-corrected chi connectivity index (χ1v) is 7.92. The van der Waals surface area contributed by atoms with Crippen molar-refractivity contribution in [2.45, 2.75) is 13.1 Å². The van der Waals surface area contributed by atoms with Gasteiger partial charge in [-0.05, 0) is 31.3 Å². The molecule has 0 aliphatic heterocycles. The average molecular weight is 348 g/mol. The van der Waals surface area contributed by atoms with Crippen LogP contribution in [0.1, 0.15) is 21.5 Å². The van der Waals surface area contributed by atoms with Gasteiger partial charge in [0.25, 0.3) is 5.91 Å². The largest absolute Gasteiger partial charge is 0.496 e. The number of amides is 1. The van der Waals surface area contributed by atoms with Gasteiger partial charge in [-0.15, -0.1) is 0 Å². The molecule has 0 bridgehead atoms. The number of nitrogens with zero attached hydrogens (tertiary/aromatic N) is 1. The van der Waals surface area contributed by atoms with E-state index >= 15 is 0 Å². The lowest BCUT2D eigenvalue weighted by atomic mass is 10.1. The zero-order valence-corrected chi connectivity index (χ0v) is 14.9. The fraction of sp³-hybridized carbons (Fsp3) is 0.278. The molecule has 0 aliphatic carbocycles. The Hall–Kier alpha value is -2.24. The molecule has 0 aromatic heterocycles. The Kier molecular flexibility index (Phi) is 6.06. The molecule has 2 rings (SSSR count). The molecule has 0 unspecified atom stereocenters. The van der Waals surface area contributed by atoms with Gasteiger partial charge in [0.2, 0.25) is 0 Å². The standard InChI is InChI=1S/C18H22ClN3O2/c1-22(2)11-13-6-4-5-12(7-13)10-21-18(23)14-8-15(19)16(20)9-17(14)24-3/h4-9H,10-11,20H2,1-3H3,(H,21,23). The Morgan fingerprint density at radius 2 is 1.96 bits per heavy atom. The van der Waals surface area contributed by atoms with Crippen molar-refractivity contribution in [1.82, 2.24) is 10.2 Å². The highest BCUT2D eigenvalue weighted by molar-refractivity contribution is 6.33. The van der Waals surface area contributed by atoms with Crippen molar-refractivity contribution >= 4 is 23.2 Å². The van der Waals surface area contributed by atoms with Crippen LogP contribution in [0.3, 0.4) is 0 Å². The summed E-state index contributed by atoms with van der Waals surface area (Å²) >= 11 is 6.01. The molecule has 0 spiro atoms. The van der Waals surface area contributed by atoms with Crippen LogP contribution >= 0.6 is 11.6 Å². The van der Waals surface area contributed by atoms with Crippen molar-refractivity contribution in [3.63, 3.8) is 0 Å². The van der Waals surface area contributed by atoms with Crippen LogP contribution in [-0.2, 0) is 13.1 Å². The third kappa shape index (κ3) is 4.63. The number of rotatable bonds is 6. The number of halogens is 1. The van der Waals surface area contributed by atoms with E-state index in [-0.39, 0.29) is 5.91 Å². The van der Waals surface area contributed by atoms with Crippen LogP contribution in [0.25, 0.3) is 0 Å². The Balaban J connectivity index is 2.10. The first-order chi connectivity index (χ1) is 11.4. The Morgan fingerprint density at radius 1 is 1.25 bits per heavy atom. The van der Waals surface area contributed by atoms with Gasteiger partial charge in [-0.1, -0.05) is 35.9 Å². The van der Waals surface area contributed by atoms with E-state index in [1.165, 1.54) is 18.7 Å². The van der Waals surface area contributed by atoms with Gasteiger partial charge in [0.15, 0.2) is 0 Å². The van der Waals surface area contributed by atoms with Gasteiger partial charge in [-0.25, -0.2) is 0 Å². The second-order valence-electron chi connectivity index (χ2n) is 5.81. The maximum atomic E-state index is 12.4. The van der Waals surface area contributed by atoms with Crippen LogP contribution < -0.4 is 15.8 Å². The van der Waals surface area contributed by atoms with Crippen molar-refractivity contribution < 1.29 is 9.53 Å². The number of carbonyl (C=O) groups excluding carboxylic acids is 1. The number of carbonyl (C=O) groups is 1. The maximum absolute atomic E-state index is 12.4. The lowest BCUT2D eigenvalue weighted by Crippen LogP contribution is -2.23. The maximum Gasteiger partial charge on any atom is 0.255 e. The van der Waals surface area contributed by atoms with Crippen molar-refractivity contribution in [2.75, 3.05) is 26.9 Å². The van der Waals surface area contributed by atoms with Gasteiger partial charge in [0, 0.05) is 19.2 Å². The van der Waals surface area contributed by atoms with Crippen molar-refractivity contribution in [2.24, 2.45) is 0 Å². The number of hydrogen-bond donors (Lipinski definition) is 2. The van der Waals surface area contributed by atoms with Gasteiger partial charge < -0.3 is 20.7 Å².